The highest BCUT2D eigenvalue weighted by atomic mass is 32.2. The molecule has 1 aromatic rings. The van der Waals surface area contributed by atoms with Gasteiger partial charge in [0, 0.05) is 18.3 Å². The molecule has 2 nitrogen and oxygen atoms in total. The summed E-state index contributed by atoms with van der Waals surface area (Å²) in [5, 5.41) is 0. The first kappa shape index (κ1) is 20.1. The Morgan fingerprint density at radius 2 is 1.87 bits per heavy atom. The molecular formula is C20H33NOS. The van der Waals surface area contributed by atoms with Gasteiger partial charge in [-0.1, -0.05) is 42.7 Å². The molecule has 0 saturated heterocycles. The van der Waals surface area contributed by atoms with Crippen LogP contribution in [0.1, 0.15) is 40.5 Å². The minimum absolute atomic E-state index is 0.394. The fraction of sp³-hybridized carbons (Fsp3) is 0.600. The summed E-state index contributed by atoms with van der Waals surface area (Å²) in [4.78, 5) is 2.37. The molecule has 0 N–H and O–H groups in total. The summed E-state index contributed by atoms with van der Waals surface area (Å²) in [6, 6.07) is 10.4. The van der Waals surface area contributed by atoms with E-state index in [-0.39, 0.29) is 0 Å². The van der Waals surface area contributed by atoms with E-state index in [2.05, 4.69) is 51.4 Å². The lowest BCUT2D eigenvalue weighted by atomic mass is 10.1. The van der Waals surface area contributed by atoms with E-state index in [1.54, 1.807) is 0 Å². The lowest BCUT2D eigenvalue weighted by Gasteiger charge is -2.26. The summed E-state index contributed by atoms with van der Waals surface area (Å²) in [7, 11) is 2.18. The van der Waals surface area contributed by atoms with Crippen molar-refractivity contribution in [2.75, 3.05) is 31.7 Å². The predicted octanol–water partition coefficient (Wildman–Crippen LogP) is 5.26. The zero-order valence-corrected chi connectivity index (χ0v) is 16.3. The molecule has 1 aromatic carbocycles. The maximum atomic E-state index is 5.86. The summed E-state index contributed by atoms with van der Waals surface area (Å²) in [6.07, 6.45) is 2.61. The number of thioether (sulfide) groups is 1. The molecule has 0 fully saturated rings. The first-order valence-corrected chi connectivity index (χ1v) is 9.81. The number of likely N-dealkylation sites (N-methyl/N-ethyl adjacent to an activating group) is 1. The third kappa shape index (κ3) is 8.47. The Kier molecular flexibility index (Phi) is 10.1. The molecule has 0 radical (unpaired) electrons. The molecule has 1 rings (SSSR count). The van der Waals surface area contributed by atoms with Crippen LogP contribution in [0.25, 0.3) is 0 Å². The second-order valence-electron chi connectivity index (χ2n) is 6.35. The van der Waals surface area contributed by atoms with Crippen molar-refractivity contribution < 1.29 is 4.74 Å². The molecular weight excluding hydrogens is 302 g/mol. The monoisotopic (exact) mass is 335 g/mol. The molecule has 0 aliphatic carbocycles. The zero-order chi connectivity index (χ0) is 17.1. The SMILES string of the molecule is CCCCSC/C(C)=C(\C)CN(C)C(C)COc1ccccc1. The smallest absolute Gasteiger partial charge is 0.119 e. The molecule has 0 heterocycles. The average molecular weight is 336 g/mol. The number of benzene rings is 1. The predicted molar refractivity (Wildman–Crippen MR) is 105 cm³/mol. The van der Waals surface area contributed by atoms with E-state index in [1.807, 2.05) is 30.3 Å². The Hall–Kier alpha value is -0.930. The van der Waals surface area contributed by atoms with Crippen LogP contribution in [0, 0.1) is 0 Å². The summed E-state index contributed by atoms with van der Waals surface area (Å²) in [5.41, 5.74) is 3.01. The van der Waals surface area contributed by atoms with Gasteiger partial charge in [-0.05, 0) is 52.1 Å². The van der Waals surface area contributed by atoms with Gasteiger partial charge in [-0.15, -0.1) is 0 Å². The van der Waals surface area contributed by atoms with Gasteiger partial charge in [-0.25, -0.2) is 0 Å². The van der Waals surface area contributed by atoms with Crippen molar-refractivity contribution >= 4 is 11.8 Å². The summed E-state index contributed by atoms with van der Waals surface area (Å²) in [6.45, 7) is 10.7. The molecule has 1 atom stereocenters. The molecule has 130 valence electrons. The maximum Gasteiger partial charge on any atom is 0.119 e. The van der Waals surface area contributed by atoms with Gasteiger partial charge in [0.2, 0.25) is 0 Å². The van der Waals surface area contributed by atoms with E-state index in [1.165, 1.54) is 29.7 Å². The first-order valence-electron chi connectivity index (χ1n) is 8.65. The van der Waals surface area contributed by atoms with Crippen molar-refractivity contribution in [1.29, 1.82) is 0 Å². The van der Waals surface area contributed by atoms with E-state index < -0.39 is 0 Å². The van der Waals surface area contributed by atoms with Crippen LogP contribution < -0.4 is 4.74 Å². The third-order valence-electron chi connectivity index (χ3n) is 4.16. The quantitative estimate of drug-likeness (QED) is 0.404. The van der Waals surface area contributed by atoms with E-state index >= 15 is 0 Å². The van der Waals surface area contributed by atoms with Crippen molar-refractivity contribution in [3.8, 4) is 5.75 Å². The van der Waals surface area contributed by atoms with Crippen molar-refractivity contribution in [3.05, 3.63) is 41.5 Å². The van der Waals surface area contributed by atoms with Gasteiger partial charge in [-0.2, -0.15) is 11.8 Å². The molecule has 1 unspecified atom stereocenters. The largest absolute Gasteiger partial charge is 0.492 e. The van der Waals surface area contributed by atoms with Crippen molar-refractivity contribution in [3.63, 3.8) is 0 Å². The van der Waals surface area contributed by atoms with Crippen LogP contribution in [0.5, 0.6) is 5.75 Å². The highest BCUT2D eigenvalue weighted by Crippen LogP contribution is 2.15. The van der Waals surface area contributed by atoms with E-state index in [0.29, 0.717) is 6.04 Å². The Morgan fingerprint density at radius 1 is 1.17 bits per heavy atom. The van der Waals surface area contributed by atoms with Crippen molar-refractivity contribution in [1.82, 2.24) is 4.90 Å². The standard InChI is InChI=1S/C20H33NOS/c1-6-7-13-23-16-18(3)17(2)14-21(5)19(4)15-22-20-11-9-8-10-12-20/h8-12,19H,6-7,13-16H2,1-5H3/b18-17+. The summed E-state index contributed by atoms with van der Waals surface area (Å²) < 4.78 is 5.86. The average Bonchev–Trinajstić information content (AvgIpc) is 2.57. The molecule has 23 heavy (non-hydrogen) atoms. The van der Waals surface area contributed by atoms with E-state index in [0.717, 1.165) is 24.7 Å². The number of hydrogen-bond donors (Lipinski definition) is 0. The van der Waals surface area contributed by atoms with E-state index in [4.69, 9.17) is 4.74 Å². The number of para-hydroxylation sites is 1. The van der Waals surface area contributed by atoms with Gasteiger partial charge in [0.05, 0.1) is 0 Å². The van der Waals surface area contributed by atoms with Crippen LogP contribution in [0.2, 0.25) is 0 Å². The Labute approximate surface area is 147 Å². The second kappa shape index (κ2) is 11.6. The Balaban J connectivity index is 2.36. The van der Waals surface area contributed by atoms with Crippen LogP contribution in [-0.4, -0.2) is 42.6 Å². The molecule has 0 aromatic heterocycles. The highest BCUT2D eigenvalue weighted by molar-refractivity contribution is 7.99. The molecule has 0 aliphatic heterocycles. The molecule has 0 aliphatic rings. The second-order valence-corrected chi connectivity index (χ2v) is 7.46. The number of rotatable bonds is 11. The van der Waals surface area contributed by atoms with Gasteiger partial charge >= 0.3 is 0 Å². The number of nitrogens with zero attached hydrogens (tertiary/aromatic N) is 1. The molecule has 0 bridgehead atoms. The highest BCUT2D eigenvalue weighted by Gasteiger charge is 2.11. The van der Waals surface area contributed by atoms with Gasteiger partial charge in [0.1, 0.15) is 12.4 Å². The first-order chi connectivity index (χ1) is 11.0. The minimum Gasteiger partial charge on any atom is -0.492 e. The van der Waals surface area contributed by atoms with Crippen LogP contribution in [-0.2, 0) is 0 Å². The lowest BCUT2D eigenvalue weighted by Crippen LogP contribution is -2.35. The lowest BCUT2D eigenvalue weighted by molar-refractivity contribution is 0.182. The van der Waals surface area contributed by atoms with Crippen LogP contribution in [0.15, 0.2) is 41.5 Å². The van der Waals surface area contributed by atoms with Gasteiger partial charge < -0.3 is 4.74 Å². The van der Waals surface area contributed by atoms with Crippen molar-refractivity contribution in [2.24, 2.45) is 0 Å². The maximum absolute atomic E-state index is 5.86. The Bertz CT molecular complexity index is 458. The summed E-state index contributed by atoms with van der Waals surface area (Å²) >= 11 is 2.06. The number of unbranched alkanes of at least 4 members (excludes halogenated alkanes) is 1. The normalized spacial score (nSPS) is 13.8. The van der Waals surface area contributed by atoms with Crippen LogP contribution >= 0.6 is 11.8 Å². The van der Waals surface area contributed by atoms with Crippen LogP contribution in [0.4, 0.5) is 0 Å². The molecule has 0 amide bonds. The fourth-order valence-electron chi connectivity index (χ4n) is 2.12. The third-order valence-corrected chi connectivity index (χ3v) is 5.38. The van der Waals surface area contributed by atoms with Gasteiger partial charge in [0.25, 0.3) is 0 Å². The minimum atomic E-state index is 0.394. The fourth-order valence-corrected chi connectivity index (χ4v) is 3.31. The van der Waals surface area contributed by atoms with E-state index in [9.17, 15) is 0 Å². The number of hydrogen-bond acceptors (Lipinski definition) is 3. The molecule has 3 heteroatoms. The van der Waals surface area contributed by atoms with Crippen LogP contribution in [0.3, 0.4) is 0 Å². The Morgan fingerprint density at radius 3 is 2.52 bits per heavy atom. The molecule has 0 saturated carbocycles. The summed E-state index contributed by atoms with van der Waals surface area (Å²) in [5.74, 6) is 3.39. The van der Waals surface area contributed by atoms with Crippen molar-refractivity contribution in [2.45, 2.75) is 46.6 Å². The zero-order valence-electron chi connectivity index (χ0n) is 15.5. The molecule has 0 spiro atoms. The van der Waals surface area contributed by atoms with Gasteiger partial charge in [-0.3, -0.25) is 4.90 Å². The topological polar surface area (TPSA) is 12.5 Å². The number of ether oxygens (including phenoxy) is 1. The van der Waals surface area contributed by atoms with Gasteiger partial charge in [0.15, 0.2) is 0 Å².